The van der Waals surface area contributed by atoms with Gasteiger partial charge in [0.2, 0.25) is 5.88 Å². The van der Waals surface area contributed by atoms with Crippen molar-refractivity contribution in [3.05, 3.63) is 41.7 Å². The van der Waals surface area contributed by atoms with Crippen LogP contribution in [-0.2, 0) is 6.42 Å². The lowest BCUT2D eigenvalue weighted by molar-refractivity contribution is 0.402. The highest BCUT2D eigenvalue weighted by molar-refractivity contribution is 7.26. The third kappa shape index (κ3) is 2.74. The minimum atomic E-state index is 0.290. The van der Waals surface area contributed by atoms with Gasteiger partial charge in [-0.3, -0.25) is 0 Å². The zero-order chi connectivity index (χ0) is 17.8. The molecular weight excluding hydrogens is 328 g/mol. The molecule has 0 fully saturated rings. The average molecular weight is 350 g/mol. The molecular formula is C21H22N2OS. The van der Waals surface area contributed by atoms with E-state index in [1.54, 1.807) is 13.4 Å². The second kappa shape index (κ2) is 5.67. The molecule has 3 nitrogen and oxygen atoms in total. The minimum Gasteiger partial charge on any atom is -0.480 e. The van der Waals surface area contributed by atoms with Crippen LogP contribution in [0.1, 0.15) is 31.9 Å². The maximum atomic E-state index is 5.43. The van der Waals surface area contributed by atoms with E-state index in [-0.39, 0.29) is 5.41 Å². The second-order valence-corrected chi connectivity index (χ2v) is 8.91. The summed E-state index contributed by atoms with van der Waals surface area (Å²) < 4.78 is 8.03. The van der Waals surface area contributed by atoms with E-state index in [2.05, 4.69) is 61.9 Å². The Balaban J connectivity index is 2.01. The van der Waals surface area contributed by atoms with Gasteiger partial charge in [0.25, 0.3) is 0 Å². The molecule has 2 aromatic heterocycles. The summed E-state index contributed by atoms with van der Waals surface area (Å²) in [6.07, 6.45) is 2.66. The van der Waals surface area contributed by atoms with Crippen molar-refractivity contribution in [1.29, 1.82) is 0 Å². The van der Waals surface area contributed by atoms with Gasteiger partial charge in [-0.25, -0.2) is 9.97 Å². The number of hydrogen-bond acceptors (Lipinski definition) is 4. The molecule has 0 aliphatic rings. The van der Waals surface area contributed by atoms with Crippen LogP contribution in [0.25, 0.3) is 31.1 Å². The van der Waals surface area contributed by atoms with Crippen LogP contribution in [0.15, 0.2) is 30.6 Å². The van der Waals surface area contributed by atoms with Crippen molar-refractivity contribution in [3.8, 4) is 5.88 Å². The Labute approximate surface area is 151 Å². The minimum absolute atomic E-state index is 0.290. The van der Waals surface area contributed by atoms with Crippen molar-refractivity contribution in [2.75, 3.05) is 7.11 Å². The van der Waals surface area contributed by atoms with Gasteiger partial charge in [-0.2, -0.15) is 0 Å². The molecule has 128 valence electrons. The first-order valence-electron chi connectivity index (χ1n) is 8.51. The Morgan fingerprint density at radius 2 is 1.84 bits per heavy atom. The van der Waals surface area contributed by atoms with Gasteiger partial charge in [0, 0.05) is 20.2 Å². The maximum absolute atomic E-state index is 5.43. The molecule has 0 N–H and O–H groups in total. The molecule has 0 atom stereocenters. The van der Waals surface area contributed by atoms with E-state index in [1.807, 2.05) is 11.3 Å². The van der Waals surface area contributed by atoms with Crippen LogP contribution in [0.2, 0.25) is 0 Å². The maximum Gasteiger partial charge on any atom is 0.224 e. The van der Waals surface area contributed by atoms with E-state index in [0.717, 1.165) is 17.3 Å². The average Bonchev–Trinajstić information content (AvgIpc) is 2.90. The van der Waals surface area contributed by atoms with Crippen molar-refractivity contribution in [3.63, 3.8) is 0 Å². The first kappa shape index (κ1) is 16.3. The zero-order valence-corrected chi connectivity index (χ0v) is 16.1. The Kier molecular flexibility index (Phi) is 3.69. The van der Waals surface area contributed by atoms with Crippen LogP contribution >= 0.6 is 11.3 Å². The number of fused-ring (bicyclic) bond motifs is 4. The highest BCUT2D eigenvalue weighted by Crippen LogP contribution is 2.41. The Morgan fingerprint density at radius 1 is 1.04 bits per heavy atom. The molecule has 0 radical (unpaired) electrons. The number of hydrogen-bond donors (Lipinski definition) is 0. The summed E-state index contributed by atoms with van der Waals surface area (Å²) in [5.41, 5.74) is 3.85. The summed E-state index contributed by atoms with van der Waals surface area (Å²) in [4.78, 5) is 8.76. The van der Waals surface area contributed by atoms with Crippen LogP contribution in [-0.4, -0.2) is 17.1 Å². The number of ether oxygens (including phenoxy) is 1. The van der Waals surface area contributed by atoms with Crippen molar-refractivity contribution < 1.29 is 4.74 Å². The molecule has 25 heavy (non-hydrogen) atoms. The largest absolute Gasteiger partial charge is 0.480 e. The highest BCUT2D eigenvalue weighted by atomic mass is 32.1. The number of aromatic nitrogens is 2. The zero-order valence-electron chi connectivity index (χ0n) is 15.3. The van der Waals surface area contributed by atoms with Gasteiger partial charge in [0.05, 0.1) is 18.0 Å². The number of thiophene rings is 1. The number of nitrogens with zero attached hydrogens (tertiary/aromatic N) is 2. The molecule has 4 heteroatoms. The third-order valence-electron chi connectivity index (χ3n) is 4.56. The first-order chi connectivity index (χ1) is 11.9. The monoisotopic (exact) mass is 350 g/mol. The summed E-state index contributed by atoms with van der Waals surface area (Å²) in [7, 11) is 1.66. The number of methoxy groups -OCH3 is 1. The van der Waals surface area contributed by atoms with Gasteiger partial charge in [-0.1, -0.05) is 32.9 Å². The van der Waals surface area contributed by atoms with E-state index in [4.69, 9.17) is 4.74 Å². The van der Waals surface area contributed by atoms with Crippen LogP contribution < -0.4 is 4.74 Å². The van der Waals surface area contributed by atoms with E-state index < -0.39 is 0 Å². The summed E-state index contributed by atoms with van der Waals surface area (Å²) in [6, 6.07) is 9.05. The van der Waals surface area contributed by atoms with Crippen LogP contribution in [0.4, 0.5) is 0 Å². The predicted molar refractivity (Wildman–Crippen MR) is 107 cm³/mol. The molecule has 4 aromatic rings. The number of aryl methyl sites for hydroxylation is 1. The molecule has 0 bridgehead atoms. The first-order valence-corrected chi connectivity index (χ1v) is 9.32. The quantitative estimate of drug-likeness (QED) is 0.451. The fourth-order valence-electron chi connectivity index (χ4n) is 3.59. The summed E-state index contributed by atoms with van der Waals surface area (Å²) in [5, 5.41) is 3.60. The number of rotatable bonds is 2. The molecule has 0 unspecified atom stereocenters. The topological polar surface area (TPSA) is 35.0 Å². The summed E-state index contributed by atoms with van der Waals surface area (Å²) in [5.74, 6) is 0.640. The van der Waals surface area contributed by atoms with E-state index in [1.165, 1.54) is 31.3 Å². The van der Waals surface area contributed by atoms with Gasteiger partial charge in [0.15, 0.2) is 0 Å². The van der Waals surface area contributed by atoms with E-state index in [0.29, 0.717) is 5.88 Å². The predicted octanol–water partition coefficient (Wildman–Crippen LogP) is 5.90. The smallest absolute Gasteiger partial charge is 0.224 e. The van der Waals surface area contributed by atoms with Crippen molar-refractivity contribution >= 4 is 42.4 Å². The van der Waals surface area contributed by atoms with Gasteiger partial charge in [-0.05, 0) is 42.0 Å². The Bertz CT molecular complexity index is 1110. The van der Waals surface area contributed by atoms with Crippen molar-refractivity contribution in [2.24, 2.45) is 5.41 Å². The van der Waals surface area contributed by atoms with E-state index in [9.17, 15) is 0 Å². The lowest BCUT2D eigenvalue weighted by Gasteiger charge is -2.18. The molecule has 0 spiro atoms. The lowest BCUT2D eigenvalue weighted by atomic mass is 9.88. The fraction of sp³-hybridized carbons (Fsp3) is 0.333. The second-order valence-electron chi connectivity index (χ2n) is 7.82. The van der Waals surface area contributed by atoms with Crippen LogP contribution in [0, 0.1) is 12.3 Å². The highest BCUT2D eigenvalue weighted by Gasteiger charge is 2.16. The SMILES string of the molecule is COc1ncnc2c(C)c3c(cc12)sc1cc(CC(C)(C)C)ccc13. The Hall–Kier alpha value is -2.20. The van der Waals surface area contributed by atoms with Crippen LogP contribution in [0.3, 0.4) is 0 Å². The molecule has 2 aromatic carbocycles. The molecule has 2 heterocycles. The third-order valence-corrected chi connectivity index (χ3v) is 5.66. The van der Waals surface area contributed by atoms with Crippen molar-refractivity contribution in [1.82, 2.24) is 9.97 Å². The number of benzene rings is 2. The molecule has 0 amide bonds. The normalized spacial score (nSPS) is 12.4. The standard InChI is InChI=1S/C21H22N2OS/c1-12-18-14-7-6-13(10-21(2,3)4)8-16(14)25-17(18)9-15-19(12)22-11-23-20(15)24-5/h6-9,11H,10H2,1-5H3. The van der Waals surface area contributed by atoms with Crippen molar-refractivity contribution in [2.45, 2.75) is 34.1 Å². The fourth-order valence-corrected chi connectivity index (χ4v) is 4.86. The van der Waals surface area contributed by atoms with Gasteiger partial charge < -0.3 is 4.74 Å². The summed E-state index contributed by atoms with van der Waals surface area (Å²) in [6.45, 7) is 8.99. The molecule has 4 rings (SSSR count). The van der Waals surface area contributed by atoms with Gasteiger partial charge in [-0.15, -0.1) is 11.3 Å². The van der Waals surface area contributed by atoms with Gasteiger partial charge >= 0.3 is 0 Å². The van der Waals surface area contributed by atoms with Gasteiger partial charge in [0.1, 0.15) is 6.33 Å². The molecule has 0 aliphatic heterocycles. The van der Waals surface area contributed by atoms with E-state index >= 15 is 0 Å². The lowest BCUT2D eigenvalue weighted by Crippen LogP contribution is -2.08. The molecule has 0 saturated carbocycles. The molecule has 0 aliphatic carbocycles. The molecule has 0 saturated heterocycles. The summed E-state index contributed by atoms with van der Waals surface area (Å²) >= 11 is 1.84. The Morgan fingerprint density at radius 3 is 2.56 bits per heavy atom. The van der Waals surface area contributed by atoms with Crippen LogP contribution in [0.5, 0.6) is 5.88 Å².